The maximum atomic E-state index is 12.3. The van der Waals surface area contributed by atoms with E-state index in [4.69, 9.17) is 9.47 Å². The third-order valence-electron chi connectivity index (χ3n) is 11.7. The normalized spacial score (nSPS) is 13.8. The predicted molar refractivity (Wildman–Crippen MR) is 228 cm³/mol. The zero-order chi connectivity index (χ0) is 39.9. The molecule has 0 bridgehead atoms. The largest absolute Gasteiger partial charge is 0.460 e. The lowest BCUT2D eigenvalue weighted by Gasteiger charge is -2.34. The van der Waals surface area contributed by atoms with E-state index in [1.807, 2.05) is 0 Å². The molecule has 0 saturated heterocycles. The fourth-order valence-corrected chi connectivity index (χ4v) is 7.62. The number of aliphatic hydroxyl groups is 2. The Morgan fingerprint density at radius 3 is 0.907 bits per heavy atom. The summed E-state index contributed by atoms with van der Waals surface area (Å²) in [7, 11) is 4.31. The number of aliphatic hydroxyl groups excluding tert-OH is 2. The van der Waals surface area contributed by atoms with Gasteiger partial charge >= 0.3 is 11.9 Å². The Morgan fingerprint density at radius 2 is 0.630 bits per heavy atom. The monoisotopic (exact) mass is 771 g/mol. The second-order valence-corrected chi connectivity index (χ2v) is 17.2. The summed E-state index contributed by atoms with van der Waals surface area (Å²) >= 11 is 0. The van der Waals surface area contributed by atoms with Gasteiger partial charge in [0.2, 0.25) is 0 Å². The Bertz CT molecular complexity index is 763. The van der Waals surface area contributed by atoms with E-state index >= 15 is 0 Å². The molecule has 0 aromatic carbocycles. The summed E-state index contributed by atoms with van der Waals surface area (Å²) in [5, 5.41) is 19.4. The number of carbonyl (C=O) groups excluding carboxylic acids is 2. The van der Waals surface area contributed by atoms with Crippen LogP contribution in [-0.4, -0.2) is 111 Å². The summed E-state index contributed by atoms with van der Waals surface area (Å²) in [5.41, 5.74) is 0. The lowest BCUT2D eigenvalue weighted by atomic mass is 10.0. The van der Waals surface area contributed by atoms with E-state index in [2.05, 4.69) is 27.9 Å². The minimum absolute atomic E-state index is 0.0870. The lowest BCUT2D eigenvalue weighted by Crippen LogP contribution is -2.49. The number of carbonyl (C=O) groups is 2. The van der Waals surface area contributed by atoms with Crippen LogP contribution in [-0.2, 0) is 19.1 Å². The maximum Gasteiger partial charge on any atom is 0.305 e. The highest BCUT2D eigenvalue weighted by atomic mass is 16.5. The van der Waals surface area contributed by atoms with Crippen molar-refractivity contribution in [3.63, 3.8) is 0 Å². The molecule has 8 nitrogen and oxygen atoms in total. The van der Waals surface area contributed by atoms with Crippen LogP contribution in [0.4, 0.5) is 0 Å². The molecule has 0 amide bonds. The van der Waals surface area contributed by atoms with Crippen molar-refractivity contribution in [2.45, 2.75) is 206 Å². The first-order chi connectivity index (χ1) is 26.2. The van der Waals surface area contributed by atoms with E-state index in [0.717, 1.165) is 77.5 Å². The van der Waals surface area contributed by atoms with Crippen molar-refractivity contribution < 1.29 is 38.2 Å². The summed E-state index contributed by atoms with van der Waals surface area (Å²) in [4.78, 5) is 24.7. The molecule has 0 aliphatic rings. The van der Waals surface area contributed by atoms with Crippen molar-refractivity contribution in [2.24, 2.45) is 0 Å². The highest BCUT2D eigenvalue weighted by Crippen LogP contribution is 2.15. The third kappa shape index (κ3) is 35.2. The van der Waals surface area contributed by atoms with Crippen LogP contribution in [0.2, 0.25) is 0 Å². The van der Waals surface area contributed by atoms with E-state index < -0.39 is 0 Å². The van der Waals surface area contributed by atoms with Gasteiger partial charge in [-0.25, -0.2) is 0 Å². The molecule has 2 N–H and O–H groups in total. The van der Waals surface area contributed by atoms with E-state index in [9.17, 15) is 19.8 Å². The molecule has 0 heterocycles. The van der Waals surface area contributed by atoms with E-state index in [1.165, 1.54) is 128 Å². The van der Waals surface area contributed by atoms with Crippen LogP contribution in [0.25, 0.3) is 0 Å². The van der Waals surface area contributed by atoms with Crippen molar-refractivity contribution >= 4 is 11.9 Å². The number of hydrogen-bond acceptors (Lipinski definition) is 6. The van der Waals surface area contributed by atoms with Crippen molar-refractivity contribution in [3.05, 3.63) is 0 Å². The Balaban J connectivity index is 4.02. The maximum absolute atomic E-state index is 12.3. The first-order valence-corrected chi connectivity index (χ1v) is 23.4. The van der Waals surface area contributed by atoms with E-state index in [0.29, 0.717) is 48.1 Å². The average molecular weight is 771 g/mol. The van der Waals surface area contributed by atoms with Gasteiger partial charge in [0, 0.05) is 12.8 Å². The topological polar surface area (TPSA) is 93.1 Å². The Kier molecular flexibility index (Phi) is 37.8. The van der Waals surface area contributed by atoms with Crippen molar-refractivity contribution in [1.29, 1.82) is 0 Å². The Labute approximate surface area is 335 Å². The fourth-order valence-electron chi connectivity index (χ4n) is 7.62. The molecule has 0 fully saturated rings. The summed E-state index contributed by atoms with van der Waals surface area (Å²) in [5.74, 6) is -0.174. The second kappa shape index (κ2) is 38.6. The minimum atomic E-state index is -0.0870. The van der Waals surface area contributed by atoms with Gasteiger partial charge in [-0.3, -0.25) is 9.59 Å². The average Bonchev–Trinajstić information content (AvgIpc) is 3.14. The first-order valence-electron chi connectivity index (χ1n) is 23.4. The Morgan fingerprint density at radius 1 is 0.370 bits per heavy atom. The van der Waals surface area contributed by atoms with Crippen LogP contribution in [0.15, 0.2) is 0 Å². The predicted octanol–water partition coefficient (Wildman–Crippen LogP) is 10.7. The fraction of sp³-hybridized carbons (Fsp3) is 0.957. The molecule has 0 aliphatic heterocycles. The number of unbranched alkanes of at least 4 members (excludes halogenated alkanes) is 25. The van der Waals surface area contributed by atoms with Gasteiger partial charge in [-0.2, -0.15) is 0 Å². The SMILES string of the molecule is CCCCCCCCCCCCCCC(=O)OCC[N+](C)(CCO)CCCCCC[N+](C)(CCO)CCOC(=O)CCCCCCCCCCCCCC. The number of nitrogens with zero attached hydrogens (tertiary/aromatic N) is 2. The quantitative estimate of drug-likeness (QED) is 0.0364. The molecule has 8 heteroatoms. The number of likely N-dealkylation sites (N-methyl/N-ethyl adjacent to an activating group) is 2. The van der Waals surface area contributed by atoms with Gasteiger partial charge < -0.3 is 28.7 Å². The van der Waals surface area contributed by atoms with Crippen molar-refractivity contribution in [3.8, 4) is 0 Å². The van der Waals surface area contributed by atoms with Gasteiger partial charge in [0.05, 0.1) is 40.4 Å². The number of ether oxygens (including phenoxy) is 2. The van der Waals surface area contributed by atoms with Gasteiger partial charge in [-0.05, 0) is 38.5 Å². The van der Waals surface area contributed by atoms with Gasteiger partial charge in [0.15, 0.2) is 0 Å². The molecule has 0 spiro atoms. The summed E-state index contributed by atoms with van der Waals surface area (Å²) in [6.07, 6.45) is 36.2. The molecular formula is C46H94N2O6+2. The third-order valence-corrected chi connectivity index (χ3v) is 11.7. The van der Waals surface area contributed by atoms with E-state index in [-0.39, 0.29) is 25.2 Å². The van der Waals surface area contributed by atoms with Gasteiger partial charge in [0.1, 0.15) is 39.4 Å². The lowest BCUT2D eigenvalue weighted by molar-refractivity contribution is -0.910. The molecule has 2 unspecified atom stereocenters. The smallest absolute Gasteiger partial charge is 0.305 e. The van der Waals surface area contributed by atoms with Crippen LogP contribution in [0.5, 0.6) is 0 Å². The molecule has 0 radical (unpaired) electrons. The van der Waals surface area contributed by atoms with Gasteiger partial charge in [0.25, 0.3) is 0 Å². The summed E-state index contributed by atoms with van der Waals surface area (Å²) in [6.45, 7) is 10.3. The molecule has 0 saturated carbocycles. The Hall–Kier alpha value is -1.22. The summed E-state index contributed by atoms with van der Waals surface area (Å²) < 4.78 is 12.6. The zero-order valence-electron chi connectivity index (χ0n) is 36.7. The molecule has 0 aromatic heterocycles. The molecular weight excluding hydrogens is 677 g/mol. The van der Waals surface area contributed by atoms with Gasteiger partial charge in [-0.1, -0.05) is 155 Å². The number of esters is 2. The van der Waals surface area contributed by atoms with Crippen LogP contribution in [0.1, 0.15) is 206 Å². The second-order valence-electron chi connectivity index (χ2n) is 17.2. The minimum Gasteiger partial charge on any atom is -0.460 e. The zero-order valence-corrected chi connectivity index (χ0v) is 36.7. The molecule has 0 aliphatic carbocycles. The number of hydrogen-bond donors (Lipinski definition) is 2. The standard InChI is InChI=1S/C46H94N2O6/c1-5-7-9-11-13-15-17-19-21-23-25-29-33-45(51)53-43-39-47(3,37-41-49)35-31-27-28-32-36-48(4,38-42-50)40-44-54-46(52)34-30-26-24-22-20-18-16-14-12-10-8-6-2/h49-50H,5-44H2,1-4H3/q+2. The number of rotatable bonds is 43. The van der Waals surface area contributed by atoms with E-state index in [1.54, 1.807) is 0 Å². The highest BCUT2D eigenvalue weighted by molar-refractivity contribution is 5.69. The first kappa shape index (κ1) is 52.8. The van der Waals surface area contributed by atoms with Gasteiger partial charge in [-0.15, -0.1) is 0 Å². The van der Waals surface area contributed by atoms with Crippen LogP contribution < -0.4 is 0 Å². The van der Waals surface area contributed by atoms with Crippen molar-refractivity contribution in [1.82, 2.24) is 0 Å². The van der Waals surface area contributed by atoms with Crippen molar-refractivity contribution in [2.75, 3.05) is 79.8 Å². The number of quaternary nitrogens is 2. The molecule has 2 atom stereocenters. The molecule has 54 heavy (non-hydrogen) atoms. The van der Waals surface area contributed by atoms with Crippen LogP contribution >= 0.6 is 0 Å². The van der Waals surface area contributed by atoms with Crippen LogP contribution in [0, 0.1) is 0 Å². The summed E-state index contributed by atoms with van der Waals surface area (Å²) in [6, 6.07) is 0. The van der Waals surface area contributed by atoms with Crippen LogP contribution in [0.3, 0.4) is 0 Å². The molecule has 0 rings (SSSR count). The molecule has 322 valence electrons. The molecule has 0 aromatic rings. The highest BCUT2D eigenvalue weighted by Gasteiger charge is 2.23.